The minimum Gasteiger partial charge on any atom is -0.381 e. The van der Waals surface area contributed by atoms with Gasteiger partial charge in [-0.15, -0.1) is 24.0 Å². The van der Waals surface area contributed by atoms with E-state index in [-0.39, 0.29) is 24.0 Å². The summed E-state index contributed by atoms with van der Waals surface area (Å²) >= 11 is 0. The molecule has 1 spiro atoms. The lowest BCUT2D eigenvalue weighted by Gasteiger charge is -2.38. The Kier molecular flexibility index (Phi) is 6.94. The molecule has 3 rings (SSSR count). The van der Waals surface area contributed by atoms with Gasteiger partial charge in [-0.1, -0.05) is 0 Å². The number of ether oxygens (including phenoxy) is 1. The molecule has 0 aromatic rings. The van der Waals surface area contributed by atoms with Crippen LogP contribution < -0.4 is 5.32 Å². The summed E-state index contributed by atoms with van der Waals surface area (Å²) < 4.78 is 5.63. The predicted octanol–water partition coefficient (Wildman–Crippen LogP) is 0.538. The van der Waals surface area contributed by atoms with E-state index in [4.69, 9.17) is 4.74 Å². The summed E-state index contributed by atoms with van der Waals surface area (Å²) in [6.45, 7) is 8.44. The van der Waals surface area contributed by atoms with Gasteiger partial charge in [-0.3, -0.25) is 9.89 Å². The number of aliphatic imine (C=N–C) groups is 1. The molecule has 0 aromatic carbocycles. The van der Waals surface area contributed by atoms with Gasteiger partial charge in [0.25, 0.3) is 0 Å². The Balaban J connectivity index is 0.00000192. The van der Waals surface area contributed by atoms with Crippen LogP contribution in [-0.2, 0) is 4.74 Å². The van der Waals surface area contributed by atoms with Crippen LogP contribution in [0.4, 0.5) is 0 Å². The Labute approximate surface area is 157 Å². The zero-order valence-corrected chi connectivity index (χ0v) is 17.1. The summed E-state index contributed by atoms with van der Waals surface area (Å²) in [5.74, 6) is 1.06. The Hall–Kier alpha value is -0.120. The zero-order valence-electron chi connectivity index (χ0n) is 14.8. The summed E-state index contributed by atoms with van der Waals surface area (Å²) in [6, 6.07) is 0.557. The molecular weight excluding hydrogens is 405 g/mol. The van der Waals surface area contributed by atoms with Crippen LogP contribution in [0, 0.1) is 5.41 Å². The Morgan fingerprint density at radius 1 is 1.26 bits per heavy atom. The van der Waals surface area contributed by atoms with E-state index in [1.165, 1.54) is 12.8 Å². The third kappa shape index (κ3) is 4.49. The average molecular weight is 437 g/mol. The number of guanidine groups is 1. The molecule has 0 amide bonds. The number of piperazine rings is 1. The van der Waals surface area contributed by atoms with Crippen LogP contribution in [0.15, 0.2) is 4.99 Å². The molecule has 0 bridgehead atoms. The maximum atomic E-state index is 5.63. The number of rotatable bonds is 2. The molecule has 0 aromatic heterocycles. The van der Waals surface area contributed by atoms with Crippen molar-refractivity contribution in [3.8, 4) is 0 Å². The highest BCUT2D eigenvalue weighted by atomic mass is 127. The van der Waals surface area contributed by atoms with Gasteiger partial charge >= 0.3 is 0 Å². The van der Waals surface area contributed by atoms with Gasteiger partial charge in [0.1, 0.15) is 0 Å². The van der Waals surface area contributed by atoms with Crippen molar-refractivity contribution in [1.29, 1.82) is 0 Å². The van der Waals surface area contributed by atoms with Crippen molar-refractivity contribution >= 4 is 29.9 Å². The third-order valence-electron chi connectivity index (χ3n) is 5.61. The van der Waals surface area contributed by atoms with Gasteiger partial charge in [-0.05, 0) is 26.9 Å². The molecule has 3 fully saturated rings. The van der Waals surface area contributed by atoms with Gasteiger partial charge in [0.15, 0.2) is 5.96 Å². The number of hydrogen-bond donors (Lipinski definition) is 1. The fourth-order valence-corrected chi connectivity index (χ4v) is 3.95. The highest BCUT2D eigenvalue weighted by Gasteiger charge is 2.42. The molecule has 0 saturated carbocycles. The van der Waals surface area contributed by atoms with Crippen LogP contribution in [0.5, 0.6) is 0 Å². The Morgan fingerprint density at radius 3 is 2.78 bits per heavy atom. The molecule has 3 aliphatic heterocycles. The normalized spacial score (nSPS) is 33.3. The van der Waals surface area contributed by atoms with Crippen LogP contribution in [0.2, 0.25) is 0 Å². The van der Waals surface area contributed by atoms with E-state index in [1.807, 2.05) is 7.05 Å². The lowest BCUT2D eigenvalue weighted by Crippen LogP contribution is -2.55. The summed E-state index contributed by atoms with van der Waals surface area (Å²) in [7, 11) is 6.33. The molecular formula is C16H32IN5O. The zero-order chi connectivity index (χ0) is 15.6. The quantitative estimate of drug-likeness (QED) is 0.388. The molecule has 3 saturated heterocycles. The van der Waals surface area contributed by atoms with Gasteiger partial charge in [0.05, 0.1) is 6.61 Å². The van der Waals surface area contributed by atoms with Crippen LogP contribution in [0.1, 0.15) is 12.8 Å². The highest BCUT2D eigenvalue weighted by Crippen LogP contribution is 2.38. The lowest BCUT2D eigenvalue weighted by molar-refractivity contribution is 0.116. The Bertz CT molecular complexity index is 413. The first-order valence-corrected chi connectivity index (χ1v) is 8.54. The van der Waals surface area contributed by atoms with Crippen LogP contribution >= 0.6 is 24.0 Å². The number of hydrogen-bond acceptors (Lipinski definition) is 4. The molecule has 134 valence electrons. The van der Waals surface area contributed by atoms with Crippen LogP contribution in [0.25, 0.3) is 0 Å². The molecule has 23 heavy (non-hydrogen) atoms. The number of halogens is 1. The van der Waals surface area contributed by atoms with Crippen molar-refractivity contribution in [2.45, 2.75) is 18.9 Å². The van der Waals surface area contributed by atoms with Gasteiger partial charge < -0.3 is 19.9 Å². The van der Waals surface area contributed by atoms with Crippen molar-refractivity contribution in [3.05, 3.63) is 0 Å². The molecule has 3 heterocycles. The highest BCUT2D eigenvalue weighted by molar-refractivity contribution is 14.0. The number of nitrogens with one attached hydrogen (secondary N) is 1. The third-order valence-corrected chi connectivity index (χ3v) is 5.61. The topological polar surface area (TPSA) is 43.3 Å². The van der Waals surface area contributed by atoms with Crippen molar-refractivity contribution < 1.29 is 4.74 Å². The van der Waals surface area contributed by atoms with E-state index in [0.717, 1.165) is 58.4 Å². The monoisotopic (exact) mass is 437 g/mol. The maximum Gasteiger partial charge on any atom is 0.193 e. The molecule has 0 radical (unpaired) electrons. The van der Waals surface area contributed by atoms with E-state index in [1.54, 1.807) is 0 Å². The second-order valence-corrected chi connectivity index (χ2v) is 7.30. The number of likely N-dealkylation sites (tertiary alicyclic amines) is 1. The minimum absolute atomic E-state index is 0. The average Bonchev–Trinajstić information content (AvgIpc) is 3.14. The summed E-state index contributed by atoms with van der Waals surface area (Å²) in [6.07, 6.45) is 2.44. The van der Waals surface area contributed by atoms with Gasteiger partial charge in [0, 0.05) is 64.4 Å². The van der Waals surface area contributed by atoms with Crippen molar-refractivity contribution in [3.63, 3.8) is 0 Å². The van der Waals surface area contributed by atoms with Crippen molar-refractivity contribution in [2.24, 2.45) is 10.4 Å². The van der Waals surface area contributed by atoms with E-state index in [2.05, 4.69) is 39.1 Å². The first kappa shape index (κ1) is 19.2. The van der Waals surface area contributed by atoms with Gasteiger partial charge in [0.2, 0.25) is 0 Å². The SMILES string of the molecule is CN=C(NCC1CN(C)CCN1C)N1CCC2(CCOC2)C1.I. The second-order valence-electron chi connectivity index (χ2n) is 7.30. The van der Waals surface area contributed by atoms with Crippen LogP contribution in [-0.4, -0.2) is 100 Å². The van der Waals surface area contributed by atoms with Gasteiger partial charge in [-0.25, -0.2) is 0 Å². The molecule has 2 unspecified atom stereocenters. The maximum absolute atomic E-state index is 5.63. The summed E-state index contributed by atoms with van der Waals surface area (Å²) in [4.78, 5) is 11.8. The first-order valence-electron chi connectivity index (χ1n) is 8.54. The number of nitrogens with zero attached hydrogens (tertiary/aromatic N) is 4. The summed E-state index contributed by atoms with van der Waals surface area (Å²) in [5.41, 5.74) is 0.388. The fourth-order valence-electron chi connectivity index (χ4n) is 3.95. The van der Waals surface area contributed by atoms with Crippen molar-refractivity contribution in [1.82, 2.24) is 20.0 Å². The van der Waals surface area contributed by atoms with E-state index in [0.29, 0.717) is 11.5 Å². The molecule has 1 N–H and O–H groups in total. The Morgan fingerprint density at radius 2 is 2.09 bits per heavy atom. The first-order chi connectivity index (χ1) is 10.6. The minimum atomic E-state index is 0. The molecule has 7 heteroatoms. The van der Waals surface area contributed by atoms with E-state index >= 15 is 0 Å². The molecule has 6 nitrogen and oxygen atoms in total. The standard InChI is InChI=1S/C16H31N5O.HI/c1-17-15(18-10-14-11-19(2)7-8-20(14)3)21-6-4-16(12-21)5-9-22-13-16;/h14H,4-13H2,1-3H3,(H,17,18);1H. The molecule has 0 aliphatic carbocycles. The van der Waals surface area contributed by atoms with Gasteiger partial charge in [-0.2, -0.15) is 0 Å². The predicted molar refractivity (Wildman–Crippen MR) is 105 cm³/mol. The fraction of sp³-hybridized carbons (Fsp3) is 0.938. The van der Waals surface area contributed by atoms with Crippen molar-refractivity contribution in [2.75, 3.05) is 73.6 Å². The summed E-state index contributed by atoms with van der Waals surface area (Å²) in [5, 5.41) is 3.61. The van der Waals surface area contributed by atoms with E-state index in [9.17, 15) is 0 Å². The second kappa shape index (κ2) is 8.31. The largest absolute Gasteiger partial charge is 0.381 e. The van der Waals surface area contributed by atoms with Crippen LogP contribution in [0.3, 0.4) is 0 Å². The lowest BCUT2D eigenvalue weighted by atomic mass is 9.87. The smallest absolute Gasteiger partial charge is 0.193 e. The molecule has 2 atom stereocenters. The molecule has 3 aliphatic rings. The van der Waals surface area contributed by atoms with E-state index < -0.39 is 0 Å². The number of likely N-dealkylation sites (N-methyl/N-ethyl adjacent to an activating group) is 2.